The zero-order valence-electron chi connectivity index (χ0n) is 10.9. The molecule has 1 N–H and O–H groups in total. The van der Waals surface area contributed by atoms with Crippen LogP contribution in [0.15, 0.2) is 24.3 Å². The molecule has 0 aliphatic heterocycles. The summed E-state index contributed by atoms with van der Waals surface area (Å²) in [5.74, 6) is 1.38. The molecule has 0 saturated carbocycles. The first kappa shape index (κ1) is 15.2. The third-order valence-electron chi connectivity index (χ3n) is 2.63. The van der Waals surface area contributed by atoms with E-state index in [1.54, 1.807) is 6.07 Å². The number of rotatable bonds is 6. The van der Waals surface area contributed by atoms with Crippen LogP contribution in [0.2, 0.25) is 0 Å². The Bertz CT molecular complexity index is 587. The van der Waals surface area contributed by atoms with Crippen molar-refractivity contribution in [2.24, 2.45) is 0 Å². The third kappa shape index (κ3) is 3.85. The van der Waals surface area contributed by atoms with E-state index in [1.165, 1.54) is 18.2 Å². The molecule has 1 rings (SSSR count). The van der Waals surface area contributed by atoms with Crippen molar-refractivity contribution >= 4 is 23.4 Å². The minimum atomic E-state index is -1.12. The van der Waals surface area contributed by atoms with Gasteiger partial charge in [-0.25, -0.2) is 4.79 Å². The molecule has 6 heteroatoms. The summed E-state index contributed by atoms with van der Waals surface area (Å²) >= 11 is 0. The fourth-order valence-corrected chi connectivity index (χ4v) is 1.72. The molecule has 1 aromatic carbocycles. The Morgan fingerprint density at radius 3 is 2.80 bits per heavy atom. The zero-order chi connectivity index (χ0) is 15.1. The summed E-state index contributed by atoms with van der Waals surface area (Å²) in [5, 5.41) is 19.5. The summed E-state index contributed by atoms with van der Waals surface area (Å²) in [6.07, 6.45) is 7.54. The molecular formula is C14H14N2O4. The predicted octanol–water partition coefficient (Wildman–Crippen LogP) is 2.15. The van der Waals surface area contributed by atoms with Crippen LogP contribution in [0.5, 0.6) is 0 Å². The van der Waals surface area contributed by atoms with Crippen molar-refractivity contribution in [2.45, 2.75) is 6.92 Å². The molecule has 104 valence electrons. The van der Waals surface area contributed by atoms with Crippen LogP contribution < -0.4 is 4.90 Å². The number of carboxylic acids is 1. The molecule has 0 fully saturated rings. The van der Waals surface area contributed by atoms with E-state index in [4.69, 9.17) is 11.5 Å². The number of hydrogen-bond acceptors (Lipinski definition) is 4. The second-order valence-electron chi connectivity index (χ2n) is 3.89. The second kappa shape index (κ2) is 6.95. The molecule has 0 aromatic heterocycles. The van der Waals surface area contributed by atoms with Gasteiger partial charge in [0.05, 0.1) is 11.5 Å². The van der Waals surface area contributed by atoms with Crippen molar-refractivity contribution in [2.75, 3.05) is 18.0 Å². The van der Waals surface area contributed by atoms with Crippen LogP contribution >= 0.6 is 0 Å². The summed E-state index contributed by atoms with van der Waals surface area (Å²) < 4.78 is 0. The summed E-state index contributed by atoms with van der Waals surface area (Å²) in [5.41, 5.74) is 1.00. The number of aliphatic carboxylic acids is 1. The van der Waals surface area contributed by atoms with E-state index in [1.807, 2.05) is 11.8 Å². The van der Waals surface area contributed by atoms with Crippen LogP contribution in [0.25, 0.3) is 6.08 Å². The van der Waals surface area contributed by atoms with Crippen LogP contribution in [-0.4, -0.2) is 29.1 Å². The summed E-state index contributed by atoms with van der Waals surface area (Å²) in [4.78, 5) is 22.7. The number of nitro benzene ring substituents is 1. The number of carbonyl (C=O) groups is 1. The first-order valence-corrected chi connectivity index (χ1v) is 5.87. The molecule has 0 aliphatic carbocycles. The number of non-ortho nitro benzene ring substituents is 1. The minimum Gasteiger partial charge on any atom is -0.478 e. The van der Waals surface area contributed by atoms with Gasteiger partial charge < -0.3 is 10.0 Å². The summed E-state index contributed by atoms with van der Waals surface area (Å²) in [7, 11) is 0. The summed E-state index contributed by atoms with van der Waals surface area (Å²) in [6, 6.07) is 4.26. The standard InChI is InChI=1S/C14H14N2O4/c1-3-9-15(4-2)13-7-6-12(16(19)20)10-11(13)5-8-14(17)18/h1,5-8,10H,4,9H2,2H3,(H,17,18)/b8-5+. The van der Waals surface area contributed by atoms with Gasteiger partial charge in [0.1, 0.15) is 0 Å². The predicted molar refractivity (Wildman–Crippen MR) is 76.5 cm³/mol. The van der Waals surface area contributed by atoms with Crippen LogP contribution in [0.3, 0.4) is 0 Å². The van der Waals surface area contributed by atoms with E-state index in [0.717, 1.165) is 6.08 Å². The highest BCUT2D eigenvalue weighted by atomic mass is 16.6. The van der Waals surface area contributed by atoms with Crippen LogP contribution in [0.1, 0.15) is 12.5 Å². The van der Waals surface area contributed by atoms with Crippen molar-refractivity contribution < 1.29 is 14.8 Å². The lowest BCUT2D eigenvalue weighted by atomic mass is 10.1. The van der Waals surface area contributed by atoms with Gasteiger partial charge >= 0.3 is 5.97 Å². The zero-order valence-corrected chi connectivity index (χ0v) is 10.9. The fraction of sp³-hybridized carbons (Fsp3) is 0.214. The molecule has 6 nitrogen and oxygen atoms in total. The number of anilines is 1. The monoisotopic (exact) mass is 274 g/mol. The Balaban J connectivity index is 3.31. The fourth-order valence-electron chi connectivity index (χ4n) is 1.72. The normalized spacial score (nSPS) is 10.2. The van der Waals surface area contributed by atoms with E-state index >= 15 is 0 Å². The van der Waals surface area contributed by atoms with Crippen LogP contribution in [0, 0.1) is 22.5 Å². The first-order valence-electron chi connectivity index (χ1n) is 5.87. The molecule has 0 heterocycles. The van der Waals surface area contributed by atoms with Gasteiger partial charge in [-0.05, 0) is 19.1 Å². The van der Waals surface area contributed by atoms with Crippen molar-refractivity contribution in [3.63, 3.8) is 0 Å². The molecular weight excluding hydrogens is 260 g/mol. The number of carboxylic acid groups (broad SMARTS) is 1. The highest BCUT2D eigenvalue weighted by Gasteiger charge is 2.13. The lowest BCUT2D eigenvalue weighted by Gasteiger charge is -2.22. The lowest BCUT2D eigenvalue weighted by molar-refractivity contribution is -0.384. The Kier molecular flexibility index (Phi) is 5.30. The van der Waals surface area contributed by atoms with Crippen molar-refractivity contribution in [3.8, 4) is 12.3 Å². The Hall–Kier alpha value is -2.81. The van der Waals surface area contributed by atoms with Gasteiger partial charge in [-0.3, -0.25) is 10.1 Å². The maximum absolute atomic E-state index is 10.8. The Morgan fingerprint density at radius 2 is 2.30 bits per heavy atom. The third-order valence-corrected chi connectivity index (χ3v) is 2.63. The van der Waals surface area contributed by atoms with E-state index in [9.17, 15) is 14.9 Å². The topological polar surface area (TPSA) is 83.7 Å². The maximum atomic E-state index is 10.8. The highest BCUT2D eigenvalue weighted by Crippen LogP contribution is 2.26. The molecule has 0 bridgehead atoms. The maximum Gasteiger partial charge on any atom is 0.328 e. The van der Waals surface area contributed by atoms with Crippen molar-refractivity contribution in [1.29, 1.82) is 0 Å². The molecule has 20 heavy (non-hydrogen) atoms. The van der Waals surface area contributed by atoms with E-state index in [0.29, 0.717) is 24.3 Å². The molecule has 0 spiro atoms. The number of benzene rings is 1. The second-order valence-corrected chi connectivity index (χ2v) is 3.89. The van der Waals surface area contributed by atoms with Crippen molar-refractivity contribution in [1.82, 2.24) is 0 Å². The average molecular weight is 274 g/mol. The van der Waals surface area contributed by atoms with Gasteiger partial charge in [0.2, 0.25) is 0 Å². The molecule has 0 aliphatic rings. The molecule has 0 radical (unpaired) electrons. The van der Waals surface area contributed by atoms with E-state index in [2.05, 4.69) is 5.92 Å². The van der Waals surface area contributed by atoms with Crippen LogP contribution in [-0.2, 0) is 4.79 Å². The van der Waals surface area contributed by atoms with Gasteiger partial charge in [-0.2, -0.15) is 0 Å². The quantitative estimate of drug-likeness (QED) is 0.372. The molecule has 0 atom stereocenters. The molecule has 1 aromatic rings. The highest BCUT2D eigenvalue weighted by molar-refractivity contribution is 5.87. The largest absolute Gasteiger partial charge is 0.478 e. The van der Waals surface area contributed by atoms with Gasteiger partial charge in [-0.1, -0.05) is 5.92 Å². The number of nitrogens with zero attached hydrogens (tertiary/aromatic N) is 2. The van der Waals surface area contributed by atoms with E-state index in [-0.39, 0.29) is 5.69 Å². The van der Waals surface area contributed by atoms with Gasteiger partial charge in [0.15, 0.2) is 0 Å². The Morgan fingerprint density at radius 1 is 1.60 bits per heavy atom. The average Bonchev–Trinajstić information content (AvgIpc) is 2.42. The molecule has 0 unspecified atom stereocenters. The number of terminal acetylenes is 1. The molecule has 0 saturated heterocycles. The minimum absolute atomic E-state index is 0.101. The van der Waals surface area contributed by atoms with Gasteiger partial charge in [-0.15, -0.1) is 6.42 Å². The van der Waals surface area contributed by atoms with E-state index < -0.39 is 10.9 Å². The van der Waals surface area contributed by atoms with Crippen LogP contribution in [0.4, 0.5) is 11.4 Å². The van der Waals surface area contributed by atoms with Crippen molar-refractivity contribution in [3.05, 3.63) is 40.0 Å². The smallest absolute Gasteiger partial charge is 0.328 e. The van der Waals surface area contributed by atoms with Gasteiger partial charge in [0, 0.05) is 36.0 Å². The number of hydrogen-bond donors (Lipinski definition) is 1. The Labute approximate surface area is 116 Å². The first-order chi connectivity index (χ1) is 9.49. The van der Waals surface area contributed by atoms with Gasteiger partial charge in [0.25, 0.3) is 5.69 Å². The number of nitro groups is 1. The lowest BCUT2D eigenvalue weighted by Crippen LogP contribution is -2.23. The SMILES string of the molecule is C#CCN(CC)c1ccc([N+](=O)[O-])cc1/C=C/C(=O)O. The summed E-state index contributed by atoms with van der Waals surface area (Å²) in [6.45, 7) is 2.83. The molecule has 0 amide bonds.